The molecule has 0 bridgehead atoms. The summed E-state index contributed by atoms with van der Waals surface area (Å²) in [6, 6.07) is 9.14. The monoisotopic (exact) mass is 342 g/mol. The fourth-order valence-corrected chi connectivity index (χ4v) is 2.75. The van der Waals surface area contributed by atoms with Gasteiger partial charge >= 0.3 is 0 Å². The Hall–Kier alpha value is -2.96. The van der Waals surface area contributed by atoms with E-state index in [0.717, 1.165) is 5.69 Å². The van der Waals surface area contributed by atoms with E-state index in [2.05, 4.69) is 15.2 Å². The molecule has 0 atom stereocenters. The summed E-state index contributed by atoms with van der Waals surface area (Å²) < 4.78 is 12.9. The number of halogens is 1. The van der Waals surface area contributed by atoms with E-state index >= 15 is 0 Å². The van der Waals surface area contributed by atoms with Crippen LogP contribution in [0, 0.1) is 5.82 Å². The second kappa shape index (κ2) is 7.29. The first-order valence-electron chi connectivity index (χ1n) is 8.06. The van der Waals surface area contributed by atoms with Crippen molar-refractivity contribution in [1.82, 2.24) is 9.88 Å². The van der Waals surface area contributed by atoms with E-state index in [4.69, 9.17) is 0 Å². The van der Waals surface area contributed by atoms with Gasteiger partial charge in [-0.3, -0.25) is 14.6 Å². The summed E-state index contributed by atoms with van der Waals surface area (Å²) >= 11 is 0. The molecule has 1 aliphatic rings. The lowest BCUT2D eigenvalue weighted by Crippen LogP contribution is -2.48. The number of anilines is 2. The Balaban J connectivity index is 1.68. The van der Waals surface area contributed by atoms with Crippen molar-refractivity contribution < 1.29 is 14.0 Å². The predicted molar refractivity (Wildman–Crippen MR) is 93.1 cm³/mol. The second-order valence-electron chi connectivity index (χ2n) is 5.85. The molecule has 7 heteroatoms. The molecule has 3 rings (SSSR count). The third-order valence-electron chi connectivity index (χ3n) is 4.17. The Kier molecular flexibility index (Phi) is 4.92. The number of carbonyl (C=O) groups is 2. The molecule has 1 aromatic heterocycles. The number of hydrogen-bond acceptors (Lipinski definition) is 4. The quantitative estimate of drug-likeness (QED) is 0.928. The van der Waals surface area contributed by atoms with Gasteiger partial charge < -0.3 is 15.1 Å². The van der Waals surface area contributed by atoms with Crippen molar-refractivity contribution in [3.8, 4) is 0 Å². The third kappa shape index (κ3) is 4.12. The first-order valence-corrected chi connectivity index (χ1v) is 8.06. The van der Waals surface area contributed by atoms with Gasteiger partial charge in [0, 0.05) is 50.7 Å². The average Bonchev–Trinajstić information content (AvgIpc) is 2.64. The largest absolute Gasteiger partial charge is 0.368 e. The smallest absolute Gasteiger partial charge is 0.274 e. The van der Waals surface area contributed by atoms with Crippen molar-refractivity contribution in [2.75, 3.05) is 36.4 Å². The molecular formula is C18H19FN4O2. The summed E-state index contributed by atoms with van der Waals surface area (Å²) in [5, 5.41) is 2.70. The fourth-order valence-electron chi connectivity index (χ4n) is 2.75. The van der Waals surface area contributed by atoms with Crippen molar-refractivity contribution in [2.45, 2.75) is 6.92 Å². The van der Waals surface area contributed by atoms with E-state index in [1.165, 1.54) is 24.3 Å². The molecular weight excluding hydrogens is 323 g/mol. The highest BCUT2D eigenvalue weighted by Crippen LogP contribution is 2.18. The van der Waals surface area contributed by atoms with E-state index < -0.39 is 0 Å². The van der Waals surface area contributed by atoms with Crippen LogP contribution < -0.4 is 10.2 Å². The van der Waals surface area contributed by atoms with Gasteiger partial charge in [0.2, 0.25) is 5.91 Å². The van der Waals surface area contributed by atoms with Gasteiger partial charge in [0.15, 0.2) is 0 Å². The van der Waals surface area contributed by atoms with Gasteiger partial charge in [-0.2, -0.15) is 0 Å². The molecule has 2 amide bonds. The van der Waals surface area contributed by atoms with E-state index in [9.17, 15) is 14.0 Å². The molecule has 0 aliphatic carbocycles. The number of benzene rings is 1. The van der Waals surface area contributed by atoms with E-state index in [1.807, 2.05) is 6.07 Å². The lowest BCUT2D eigenvalue weighted by Gasteiger charge is -2.35. The standard InChI is InChI=1S/C18H19FN4O2/c1-13(24)22-8-10-23(11-9-22)16-6-7-20-17(12-16)18(25)21-15-4-2-14(19)3-5-15/h2-7,12H,8-11H2,1H3,(H,21,25). The Labute approximate surface area is 145 Å². The van der Waals surface area contributed by atoms with Crippen LogP contribution >= 0.6 is 0 Å². The minimum Gasteiger partial charge on any atom is -0.368 e. The van der Waals surface area contributed by atoms with Crippen molar-refractivity contribution in [1.29, 1.82) is 0 Å². The lowest BCUT2D eigenvalue weighted by atomic mass is 10.2. The molecule has 2 heterocycles. The molecule has 0 unspecified atom stereocenters. The molecule has 6 nitrogen and oxygen atoms in total. The van der Waals surface area contributed by atoms with Gasteiger partial charge in [0.05, 0.1) is 0 Å². The summed E-state index contributed by atoms with van der Waals surface area (Å²) in [5.41, 5.74) is 1.69. The maximum Gasteiger partial charge on any atom is 0.274 e. The minimum atomic E-state index is -0.358. The maximum absolute atomic E-state index is 12.9. The number of carbonyl (C=O) groups excluding carboxylic acids is 2. The highest BCUT2D eigenvalue weighted by Gasteiger charge is 2.19. The Morgan fingerprint density at radius 2 is 1.76 bits per heavy atom. The molecule has 2 aromatic rings. The molecule has 1 fully saturated rings. The second-order valence-corrected chi connectivity index (χ2v) is 5.85. The summed E-state index contributed by atoms with van der Waals surface area (Å²) in [5.74, 6) is -0.632. The van der Waals surface area contributed by atoms with Crippen LogP contribution in [0.2, 0.25) is 0 Å². The molecule has 0 spiro atoms. The van der Waals surface area contributed by atoms with Crippen LogP contribution in [0.5, 0.6) is 0 Å². The summed E-state index contributed by atoms with van der Waals surface area (Å²) in [6.45, 7) is 4.31. The van der Waals surface area contributed by atoms with Gasteiger partial charge in [-0.25, -0.2) is 4.39 Å². The van der Waals surface area contributed by atoms with Gasteiger partial charge in [-0.05, 0) is 36.4 Å². The summed E-state index contributed by atoms with van der Waals surface area (Å²) in [4.78, 5) is 31.8. The van der Waals surface area contributed by atoms with Gasteiger partial charge in [0.25, 0.3) is 5.91 Å². The average molecular weight is 342 g/mol. The maximum atomic E-state index is 12.9. The zero-order chi connectivity index (χ0) is 17.8. The fraction of sp³-hybridized carbons (Fsp3) is 0.278. The first-order chi connectivity index (χ1) is 12.0. The van der Waals surface area contributed by atoms with Crippen LogP contribution in [0.4, 0.5) is 15.8 Å². The van der Waals surface area contributed by atoms with Crippen molar-refractivity contribution in [3.63, 3.8) is 0 Å². The van der Waals surface area contributed by atoms with E-state index in [1.54, 1.807) is 24.1 Å². The van der Waals surface area contributed by atoms with Gasteiger partial charge in [0.1, 0.15) is 11.5 Å². The number of nitrogens with one attached hydrogen (secondary N) is 1. The molecule has 1 N–H and O–H groups in total. The first kappa shape index (κ1) is 16.9. The topological polar surface area (TPSA) is 65.5 Å². The number of nitrogens with zero attached hydrogens (tertiary/aromatic N) is 3. The summed E-state index contributed by atoms with van der Waals surface area (Å²) in [6.07, 6.45) is 1.59. The van der Waals surface area contributed by atoms with E-state index in [0.29, 0.717) is 31.9 Å². The molecule has 130 valence electrons. The third-order valence-corrected chi connectivity index (χ3v) is 4.17. The molecule has 0 radical (unpaired) electrons. The van der Waals surface area contributed by atoms with Crippen molar-refractivity contribution in [2.24, 2.45) is 0 Å². The number of piperazine rings is 1. The molecule has 1 aromatic carbocycles. The number of amides is 2. The van der Waals surface area contributed by atoms with Crippen LogP contribution in [0.1, 0.15) is 17.4 Å². The van der Waals surface area contributed by atoms with Crippen LogP contribution in [-0.4, -0.2) is 47.9 Å². The number of hydrogen-bond donors (Lipinski definition) is 1. The van der Waals surface area contributed by atoms with Gasteiger partial charge in [-0.15, -0.1) is 0 Å². The zero-order valence-corrected chi connectivity index (χ0v) is 13.9. The number of aromatic nitrogens is 1. The summed E-state index contributed by atoms with van der Waals surface area (Å²) in [7, 11) is 0. The normalized spacial score (nSPS) is 14.3. The number of rotatable bonds is 3. The predicted octanol–water partition coefficient (Wildman–Crippen LogP) is 2.14. The zero-order valence-electron chi connectivity index (χ0n) is 13.9. The molecule has 1 aliphatic heterocycles. The molecule has 1 saturated heterocycles. The minimum absolute atomic E-state index is 0.0775. The van der Waals surface area contributed by atoms with Crippen LogP contribution in [0.25, 0.3) is 0 Å². The van der Waals surface area contributed by atoms with E-state index in [-0.39, 0.29) is 23.3 Å². The molecule has 0 saturated carbocycles. The Bertz CT molecular complexity index is 771. The van der Waals surface area contributed by atoms with Crippen molar-refractivity contribution >= 4 is 23.2 Å². The Morgan fingerprint density at radius 3 is 2.40 bits per heavy atom. The SMILES string of the molecule is CC(=O)N1CCN(c2ccnc(C(=O)Nc3ccc(F)cc3)c2)CC1. The van der Waals surface area contributed by atoms with Crippen molar-refractivity contribution in [3.05, 3.63) is 54.1 Å². The molecule has 25 heavy (non-hydrogen) atoms. The highest BCUT2D eigenvalue weighted by atomic mass is 19.1. The van der Waals surface area contributed by atoms with Crippen LogP contribution in [-0.2, 0) is 4.79 Å². The highest BCUT2D eigenvalue weighted by molar-refractivity contribution is 6.03. The van der Waals surface area contributed by atoms with Gasteiger partial charge in [-0.1, -0.05) is 0 Å². The van der Waals surface area contributed by atoms with Crippen LogP contribution in [0.3, 0.4) is 0 Å². The number of pyridine rings is 1. The Morgan fingerprint density at radius 1 is 1.08 bits per heavy atom. The lowest BCUT2D eigenvalue weighted by molar-refractivity contribution is -0.129. The van der Waals surface area contributed by atoms with Crippen LogP contribution in [0.15, 0.2) is 42.6 Å².